The Kier molecular flexibility index (Phi) is 8.71. The minimum atomic E-state index is -0.101. The minimum Gasteiger partial charge on any atom is -0.350 e. The van der Waals surface area contributed by atoms with Gasteiger partial charge in [-0.3, -0.25) is 9.69 Å². The van der Waals surface area contributed by atoms with Crippen LogP contribution in [0.1, 0.15) is 47.0 Å². The maximum atomic E-state index is 12.3. The van der Waals surface area contributed by atoms with E-state index in [2.05, 4.69) is 36.3 Å². The first-order chi connectivity index (χ1) is 8.89. The van der Waals surface area contributed by atoms with Gasteiger partial charge in [-0.15, -0.1) is 12.4 Å². The van der Waals surface area contributed by atoms with E-state index < -0.39 is 0 Å². The first kappa shape index (κ1) is 19.7. The van der Waals surface area contributed by atoms with Gasteiger partial charge in [-0.25, -0.2) is 0 Å². The van der Waals surface area contributed by atoms with E-state index in [1.54, 1.807) is 0 Å². The summed E-state index contributed by atoms with van der Waals surface area (Å²) in [6, 6.07) is -0.0126. The second-order valence-corrected chi connectivity index (χ2v) is 6.44. The fraction of sp³-hybridized carbons (Fsp3) is 0.933. The molecule has 1 amide bonds. The maximum Gasteiger partial charge on any atom is 0.237 e. The molecule has 1 fully saturated rings. The molecule has 1 rings (SSSR count). The first-order valence-corrected chi connectivity index (χ1v) is 7.60. The predicted octanol–water partition coefficient (Wildman–Crippen LogP) is 2.03. The van der Waals surface area contributed by atoms with Gasteiger partial charge in [0.25, 0.3) is 0 Å². The average Bonchev–Trinajstić information content (AvgIpc) is 2.38. The highest BCUT2D eigenvalue weighted by Gasteiger charge is 2.28. The number of hydrogen-bond acceptors (Lipinski definition) is 3. The summed E-state index contributed by atoms with van der Waals surface area (Å²) in [6.07, 6.45) is 3.33. The van der Waals surface area contributed by atoms with Crippen molar-refractivity contribution in [3.8, 4) is 0 Å². The van der Waals surface area contributed by atoms with Crippen LogP contribution in [0.5, 0.6) is 0 Å². The summed E-state index contributed by atoms with van der Waals surface area (Å²) in [4.78, 5) is 14.6. The van der Waals surface area contributed by atoms with Crippen LogP contribution in [0, 0.1) is 5.92 Å². The van der Waals surface area contributed by atoms with Crippen LogP contribution in [0.25, 0.3) is 0 Å². The lowest BCUT2D eigenvalue weighted by atomic mass is 9.95. The monoisotopic (exact) mass is 305 g/mol. The molecule has 1 saturated heterocycles. The number of carbonyl (C=O) groups is 1. The zero-order chi connectivity index (χ0) is 14.5. The lowest BCUT2D eigenvalue weighted by molar-refractivity contribution is -0.128. The summed E-state index contributed by atoms with van der Waals surface area (Å²) in [5, 5.41) is 6.39. The number of hydrogen-bond donors (Lipinski definition) is 2. The normalized spacial score (nSPS) is 19.2. The van der Waals surface area contributed by atoms with Gasteiger partial charge < -0.3 is 10.6 Å². The molecule has 0 aromatic rings. The first-order valence-electron chi connectivity index (χ1n) is 7.60. The number of nitrogens with zero attached hydrogens (tertiary/aromatic N) is 1. The Balaban J connectivity index is 0.00000361. The van der Waals surface area contributed by atoms with Crippen LogP contribution in [0.3, 0.4) is 0 Å². The number of rotatable bonds is 6. The second kappa shape index (κ2) is 8.85. The molecule has 1 aliphatic rings. The average molecular weight is 306 g/mol. The highest BCUT2D eigenvalue weighted by molar-refractivity contribution is 5.85. The van der Waals surface area contributed by atoms with Crippen LogP contribution in [0.4, 0.5) is 0 Å². The molecule has 5 heteroatoms. The molecule has 120 valence electrons. The van der Waals surface area contributed by atoms with Crippen molar-refractivity contribution >= 4 is 18.3 Å². The molecule has 0 aliphatic carbocycles. The number of piperidine rings is 1. The molecule has 0 aromatic carbocycles. The molecular formula is C15H32ClN3O. The van der Waals surface area contributed by atoms with Crippen LogP contribution in [0.2, 0.25) is 0 Å². The Morgan fingerprint density at radius 2 is 1.90 bits per heavy atom. The van der Waals surface area contributed by atoms with Crippen LogP contribution in [-0.2, 0) is 4.79 Å². The number of likely N-dealkylation sites (tertiary alicyclic amines) is 1. The highest BCUT2D eigenvalue weighted by atomic mass is 35.5. The van der Waals surface area contributed by atoms with Crippen molar-refractivity contribution in [1.29, 1.82) is 0 Å². The van der Waals surface area contributed by atoms with Crippen LogP contribution in [0.15, 0.2) is 0 Å². The third-order valence-corrected chi connectivity index (χ3v) is 4.41. The van der Waals surface area contributed by atoms with Crippen molar-refractivity contribution in [2.45, 2.75) is 58.5 Å². The van der Waals surface area contributed by atoms with Crippen molar-refractivity contribution < 1.29 is 4.79 Å². The molecule has 0 bridgehead atoms. The Morgan fingerprint density at radius 3 is 2.35 bits per heavy atom. The molecule has 1 aliphatic heterocycles. The van der Waals surface area contributed by atoms with Crippen LogP contribution in [-0.4, -0.2) is 49.1 Å². The van der Waals surface area contributed by atoms with Crippen molar-refractivity contribution in [2.24, 2.45) is 5.92 Å². The molecule has 0 spiro atoms. The van der Waals surface area contributed by atoms with Crippen molar-refractivity contribution in [2.75, 3.05) is 26.7 Å². The van der Waals surface area contributed by atoms with E-state index in [1.165, 1.54) is 12.8 Å². The van der Waals surface area contributed by atoms with E-state index in [0.29, 0.717) is 0 Å². The van der Waals surface area contributed by atoms with Gasteiger partial charge >= 0.3 is 0 Å². The van der Waals surface area contributed by atoms with Crippen molar-refractivity contribution in [3.05, 3.63) is 0 Å². The van der Waals surface area contributed by atoms with E-state index in [1.807, 2.05) is 14.0 Å². The molecule has 4 nitrogen and oxygen atoms in total. The fourth-order valence-corrected chi connectivity index (χ4v) is 2.53. The second-order valence-electron chi connectivity index (χ2n) is 6.44. The van der Waals surface area contributed by atoms with Gasteiger partial charge in [0.05, 0.1) is 6.04 Å². The predicted molar refractivity (Wildman–Crippen MR) is 87.4 cm³/mol. The number of nitrogens with one attached hydrogen (secondary N) is 2. The lowest BCUT2D eigenvalue weighted by Gasteiger charge is -2.36. The summed E-state index contributed by atoms with van der Waals surface area (Å²) >= 11 is 0. The summed E-state index contributed by atoms with van der Waals surface area (Å²) in [5.74, 6) is 0.933. The van der Waals surface area contributed by atoms with Crippen molar-refractivity contribution in [3.63, 3.8) is 0 Å². The molecule has 0 aromatic heterocycles. The summed E-state index contributed by atoms with van der Waals surface area (Å²) in [6.45, 7) is 11.5. The van der Waals surface area contributed by atoms with Gasteiger partial charge in [0.15, 0.2) is 0 Å². The molecule has 1 atom stereocenters. The van der Waals surface area contributed by atoms with Crippen molar-refractivity contribution in [1.82, 2.24) is 15.5 Å². The van der Waals surface area contributed by atoms with E-state index in [9.17, 15) is 4.79 Å². The summed E-state index contributed by atoms with van der Waals surface area (Å²) in [5.41, 5.74) is -0.101. The van der Waals surface area contributed by atoms with Gasteiger partial charge in [-0.05, 0) is 72.6 Å². The van der Waals surface area contributed by atoms with Crippen LogP contribution >= 0.6 is 12.4 Å². The van der Waals surface area contributed by atoms with Gasteiger partial charge in [0.2, 0.25) is 5.91 Å². The minimum absolute atomic E-state index is 0. The molecule has 1 heterocycles. The Labute approximate surface area is 130 Å². The molecule has 2 N–H and O–H groups in total. The summed E-state index contributed by atoms with van der Waals surface area (Å²) < 4.78 is 0. The Morgan fingerprint density at radius 1 is 1.35 bits per heavy atom. The molecule has 20 heavy (non-hydrogen) atoms. The standard InChI is InChI=1S/C15H31N3O.ClH/c1-6-15(3,4)17-14(19)12(2)18-9-7-13(8-10-18)11-16-5;/h12-13,16H,6-11H2,1-5H3,(H,17,19);1H. The molecule has 0 radical (unpaired) electrons. The van der Waals surface area contributed by atoms with Crippen LogP contribution < -0.4 is 10.6 Å². The van der Waals surface area contributed by atoms with E-state index in [0.717, 1.165) is 32.0 Å². The molecule has 0 saturated carbocycles. The summed E-state index contributed by atoms with van der Waals surface area (Å²) in [7, 11) is 2.01. The maximum absolute atomic E-state index is 12.3. The number of amides is 1. The lowest BCUT2D eigenvalue weighted by Crippen LogP contribution is -2.53. The third kappa shape index (κ3) is 5.98. The number of halogens is 1. The largest absolute Gasteiger partial charge is 0.350 e. The zero-order valence-electron chi connectivity index (χ0n) is 13.7. The van der Waals surface area contributed by atoms with Gasteiger partial charge in [0, 0.05) is 5.54 Å². The van der Waals surface area contributed by atoms with Gasteiger partial charge in [0.1, 0.15) is 0 Å². The van der Waals surface area contributed by atoms with E-state index in [-0.39, 0.29) is 29.9 Å². The van der Waals surface area contributed by atoms with Gasteiger partial charge in [-0.2, -0.15) is 0 Å². The molecule has 1 unspecified atom stereocenters. The van der Waals surface area contributed by atoms with E-state index in [4.69, 9.17) is 0 Å². The highest BCUT2D eigenvalue weighted by Crippen LogP contribution is 2.19. The topological polar surface area (TPSA) is 44.4 Å². The Hall–Kier alpha value is -0.320. The van der Waals surface area contributed by atoms with Gasteiger partial charge in [-0.1, -0.05) is 6.92 Å². The van der Waals surface area contributed by atoms with E-state index >= 15 is 0 Å². The number of carbonyl (C=O) groups excluding carboxylic acids is 1. The SMILES string of the molecule is CCC(C)(C)NC(=O)C(C)N1CCC(CNC)CC1.Cl. The molecular weight excluding hydrogens is 274 g/mol. The quantitative estimate of drug-likeness (QED) is 0.789. The smallest absolute Gasteiger partial charge is 0.237 e. The fourth-order valence-electron chi connectivity index (χ4n) is 2.53. The Bertz CT molecular complexity index is 289. The zero-order valence-corrected chi connectivity index (χ0v) is 14.5. The third-order valence-electron chi connectivity index (χ3n) is 4.41.